The van der Waals surface area contributed by atoms with E-state index in [1.165, 1.54) is 61.2 Å². The molecule has 0 saturated carbocycles. The second kappa shape index (κ2) is 12.4. The molecule has 1 spiro atoms. The van der Waals surface area contributed by atoms with Crippen LogP contribution in [0.25, 0.3) is 22.3 Å². The van der Waals surface area contributed by atoms with Gasteiger partial charge in [0.05, 0.1) is 5.41 Å². The van der Waals surface area contributed by atoms with E-state index in [0.717, 1.165) is 58.9 Å². The molecule has 4 aromatic rings. The molecule has 6 rings (SSSR count). The van der Waals surface area contributed by atoms with E-state index in [9.17, 15) is 0 Å². The largest absolute Gasteiger partial charge is 0.300 e. The highest BCUT2D eigenvalue weighted by Crippen LogP contribution is 2.63. The van der Waals surface area contributed by atoms with Gasteiger partial charge in [-0.1, -0.05) is 102 Å². The van der Waals surface area contributed by atoms with Gasteiger partial charge in [-0.2, -0.15) is 0 Å². The lowest BCUT2D eigenvalue weighted by atomic mass is 9.70. The molecule has 0 amide bonds. The number of rotatable bonds is 12. The number of hydrogen-bond donors (Lipinski definition) is 0. The van der Waals surface area contributed by atoms with Gasteiger partial charge in [-0.3, -0.25) is 14.7 Å². The molecule has 0 aromatic heterocycles. The Labute approximate surface area is 260 Å². The third-order valence-corrected chi connectivity index (χ3v) is 10.3. The maximum absolute atomic E-state index is 2.52. The highest BCUT2D eigenvalue weighted by molar-refractivity contribution is 5.95. The summed E-state index contributed by atoms with van der Waals surface area (Å²) in [6, 6.07) is 31.3. The lowest BCUT2D eigenvalue weighted by Crippen LogP contribution is -2.26. The second-order valence-corrected chi connectivity index (χ2v) is 12.3. The van der Waals surface area contributed by atoms with E-state index in [1.807, 2.05) is 0 Å². The van der Waals surface area contributed by atoms with Crippen LogP contribution in [-0.2, 0) is 25.0 Å². The maximum atomic E-state index is 2.52. The predicted octanol–water partition coefficient (Wildman–Crippen LogP) is 8.56. The smallest absolute Gasteiger partial charge is 0.0725 e. The first-order chi connectivity index (χ1) is 21.0. The topological polar surface area (TPSA) is 9.72 Å². The van der Waals surface area contributed by atoms with Crippen molar-refractivity contribution in [3.05, 3.63) is 118 Å². The van der Waals surface area contributed by atoms with Crippen LogP contribution in [0.2, 0.25) is 0 Å². The van der Waals surface area contributed by atoms with Crippen molar-refractivity contribution >= 4 is 0 Å². The van der Waals surface area contributed by atoms with Gasteiger partial charge in [-0.15, -0.1) is 0 Å². The van der Waals surface area contributed by atoms with Crippen LogP contribution in [0.5, 0.6) is 0 Å². The van der Waals surface area contributed by atoms with E-state index in [0.29, 0.717) is 0 Å². The third kappa shape index (κ3) is 4.96. The Morgan fingerprint density at radius 3 is 1.09 bits per heavy atom. The van der Waals surface area contributed by atoms with Crippen LogP contribution < -0.4 is 0 Å². The van der Waals surface area contributed by atoms with Gasteiger partial charge in [0.25, 0.3) is 0 Å². The van der Waals surface area contributed by atoms with Gasteiger partial charge in [-0.05, 0) is 119 Å². The third-order valence-electron chi connectivity index (χ3n) is 10.3. The van der Waals surface area contributed by atoms with Gasteiger partial charge in [0.2, 0.25) is 0 Å². The first-order valence-corrected chi connectivity index (χ1v) is 16.7. The fourth-order valence-electron chi connectivity index (χ4n) is 7.75. The maximum Gasteiger partial charge on any atom is 0.0725 e. The van der Waals surface area contributed by atoms with Crippen molar-refractivity contribution in [1.29, 1.82) is 0 Å². The van der Waals surface area contributed by atoms with E-state index in [2.05, 4.69) is 135 Å². The zero-order valence-corrected chi connectivity index (χ0v) is 27.2. The summed E-state index contributed by atoms with van der Waals surface area (Å²) in [5.74, 6) is 0. The Morgan fingerprint density at radius 2 is 0.721 bits per heavy atom. The molecule has 2 aliphatic rings. The Balaban J connectivity index is 1.58. The van der Waals surface area contributed by atoms with Crippen molar-refractivity contribution in [3.8, 4) is 22.3 Å². The van der Waals surface area contributed by atoms with Crippen molar-refractivity contribution in [2.45, 2.75) is 66.6 Å². The summed E-state index contributed by atoms with van der Waals surface area (Å²) in [5, 5.41) is 0. The minimum absolute atomic E-state index is 0.286. The molecule has 0 fully saturated rings. The highest BCUT2D eigenvalue weighted by atomic mass is 15.1. The van der Waals surface area contributed by atoms with Crippen LogP contribution in [0.4, 0.5) is 0 Å². The van der Waals surface area contributed by atoms with Gasteiger partial charge in [-0.25, -0.2) is 0 Å². The molecule has 0 unspecified atom stereocenters. The normalized spacial score (nSPS) is 14.1. The molecule has 3 heteroatoms. The number of nitrogens with zero attached hydrogens (tertiary/aromatic N) is 3. The fraction of sp³-hybridized carbons (Fsp3) is 0.400. The van der Waals surface area contributed by atoms with Crippen LogP contribution in [0.3, 0.4) is 0 Å². The van der Waals surface area contributed by atoms with Crippen LogP contribution >= 0.6 is 0 Å². The fourth-order valence-corrected chi connectivity index (χ4v) is 7.75. The Hall–Kier alpha value is -3.24. The minimum atomic E-state index is -0.286. The quantitative estimate of drug-likeness (QED) is 0.146. The van der Waals surface area contributed by atoms with E-state index < -0.39 is 0 Å². The van der Waals surface area contributed by atoms with Gasteiger partial charge >= 0.3 is 0 Å². The molecule has 0 heterocycles. The average molecular weight is 572 g/mol. The van der Waals surface area contributed by atoms with E-state index >= 15 is 0 Å². The molecule has 43 heavy (non-hydrogen) atoms. The zero-order valence-electron chi connectivity index (χ0n) is 27.2. The van der Waals surface area contributed by atoms with Crippen LogP contribution in [0.15, 0.2) is 78.9 Å². The minimum Gasteiger partial charge on any atom is -0.300 e. The summed E-state index contributed by atoms with van der Waals surface area (Å²) in [6.07, 6.45) is 0. The van der Waals surface area contributed by atoms with Crippen LogP contribution in [0.1, 0.15) is 80.5 Å². The molecule has 224 valence electrons. The molecular weight excluding hydrogens is 522 g/mol. The highest BCUT2D eigenvalue weighted by Gasteiger charge is 2.51. The van der Waals surface area contributed by atoms with Gasteiger partial charge in [0.15, 0.2) is 0 Å². The summed E-state index contributed by atoms with van der Waals surface area (Å²) in [4.78, 5) is 7.54. The number of fused-ring (bicyclic) bond motifs is 10. The lowest BCUT2D eigenvalue weighted by molar-refractivity contribution is 0.296. The van der Waals surface area contributed by atoms with Crippen molar-refractivity contribution in [2.24, 2.45) is 0 Å². The lowest BCUT2D eigenvalue weighted by Gasteiger charge is -2.31. The molecule has 0 radical (unpaired) electrons. The predicted molar refractivity (Wildman–Crippen MR) is 183 cm³/mol. The molecule has 4 aromatic carbocycles. The number of hydrogen-bond acceptors (Lipinski definition) is 3. The molecule has 0 bridgehead atoms. The first-order valence-electron chi connectivity index (χ1n) is 16.7. The van der Waals surface area contributed by atoms with E-state index in [-0.39, 0.29) is 5.41 Å². The molecule has 0 saturated heterocycles. The summed E-state index contributed by atoms with van der Waals surface area (Å²) in [7, 11) is 0. The van der Waals surface area contributed by atoms with Gasteiger partial charge < -0.3 is 0 Å². The summed E-state index contributed by atoms with van der Waals surface area (Å²) < 4.78 is 0. The van der Waals surface area contributed by atoms with Crippen molar-refractivity contribution in [1.82, 2.24) is 14.7 Å². The van der Waals surface area contributed by atoms with E-state index in [1.54, 1.807) is 0 Å². The molecule has 0 atom stereocenters. The van der Waals surface area contributed by atoms with Crippen molar-refractivity contribution < 1.29 is 0 Å². The Kier molecular flexibility index (Phi) is 8.60. The van der Waals surface area contributed by atoms with Crippen LogP contribution in [-0.4, -0.2) is 54.0 Å². The second-order valence-electron chi connectivity index (χ2n) is 12.3. The number of benzene rings is 4. The molecule has 3 nitrogen and oxygen atoms in total. The SMILES string of the molecule is CCN(CC)Cc1ccc2c(c1)-c1ccccc1C21c2ccc(CN(CC)CC)cc2-c2cc(CN(CC)CC)ccc21. The first kappa shape index (κ1) is 29.8. The van der Waals surface area contributed by atoms with Crippen LogP contribution in [0, 0.1) is 0 Å². The summed E-state index contributed by atoms with van der Waals surface area (Å²) in [5.41, 5.74) is 15.3. The molecular formula is C40H49N3. The summed E-state index contributed by atoms with van der Waals surface area (Å²) in [6.45, 7) is 23.0. The van der Waals surface area contributed by atoms with Gasteiger partial charge in [0, 0.05) is 19.6 Å². The van der Waals surface area contributed by atoms with E-state index in [4.69, 9.17) is 0 Å². The average Bonchev–Trinajstić information content (AvgIpc) is 3.50. The van der Waals surface area contributed by atoms with Gasteiger partial charge in [0.1, 0.15) is 0 Å². The molecule has 0 aliphatic heterocycles. The monoisotopic (exact) mass is 571 g/mol. The molecule has 0 N–H and O–H groups in total. The summed E-state index contributed by atoms with van der Waals surface area (Å²) >= 11 is 0. The zero-order chi connectivity index (χ0) is 30.1. The van der Waals surface area contributed by atoms with Crippen molar-refractivity contribution in [2.75, 3.05) is 39.3 Å². The Morgan fingerprint density at radius 1 is 0.395 bits per heavy atom. The Bertz CT molecular complexity index is 1530. The molecule has 2 aliphatic carbocycles. The van der Waals surface area contributed by atoms with Crippen molar-refractivity contribution in [3.63, 3.8) is 0 Å². The standard InChI is InChI=1S/C40H49N3/c1-7-41(8-2)26-29-17-20-37-33(23-29)32-15-13-14-16-36(32)40(37)38-21-18-30(27-42(9-3)10-4)24-34(38)35-25-31(19-22-39(35)40)28-43(11-5)12-6/h13-25H,7-12,26-28H2,1-6H3.